The molecule has 1 atom stereocenters. The number of benzene rings is 1. The first-order valence-corrected chi connectivity index (χ1v) is 6.04. The Bertz CT molecular complexity index is 341. The highest BCUT2D eigenvalue weighted by Crippen LogP contribution is 2.35. The van der Waals surface area contributed by atoms with Crippen LogP contribution in [-0.4, -0.2) is 18.2 Å². The normalized spacial score (nSPS) is 15.1. The molecular formula is C11H13BrO3. The fourth-order valence-electron chi connectivity index (χ4n) is 1.40. The number of hydrogen-bond donors (Lipinski definition) is 0. The SMILES string of the molecule is CC(CCBr)Oc1ccc2c(c1)OCO2. The molecule has 1 heterocycles. The monoisotopic (exact) mass is 272 g/mol. The largest absolute Gasteiger partial charge is 0.491 e. The topological polar surface area (TPSA) is 27.7 Å². The van der Waals surface area contributed by atoms with Crippen LogP contribution < -0.4 is 14.2 Å². The zero-order valence-corrected chi connectivity index (χ0v) is 10.1. The van der Waals surface area contributed by atoms with E-state index in [2.05, 4.69) is 15.9 Å². The minimum atomic E-state index is 0.199. The maximum Gasteiger partial charge on any atom is 0.231 e. The van der Waals surface area contributed by atoms with Crippen molar-refractivity contribution in [3.63, 3.8) is 0 Å². The number of ether oxygens (including phenoxy) is 3. The van der Waals surface area contributed by atoms with Crippen molar-refractivity contribution in [1.29, 1.82) is 0 Å². The van der Waals surface area contributed by atoms with Gasteiger partial charge in [-0.2, -0.15) is 0 Å². The van der Waals surface area contributed by atoms with Gasteiger partial charge in [0.1, 0.15) is 5.75 Å². The minimum absolute atomic E-state index is 0.199. The molecule has 1 unspecified atom stereocenters. The average molecular weight is 273 g/mol. The molecule has 1 aliphatic heterocycles. The van der Waals surface area contributed by atoms with Crippen LogP contribution in [0.2, 0.25) is 0 Å². The van der Waals surface area contributed by atoms with E-state index in [0.29, 0.717) is 6.79 Å². The highest BCUT2D eigenvalue weighted by atomic mass is 79.9. The molecule has 0 amide bonds. The first-order valence-electron chi connectivity index (χ1n) is 4.92. The summed E-state index contributed by atoms with van der Waals surface area (Å²) in [6.45, 7) is 2.35. The Balaban J connectivity index is 2.03. The summed E-state index contributed by atoms with van der Waals surface area (Å²) in [6.07, 6.45) is 1.18. The molecule has 0 saturated carbocycles. The second-order valence-electron chi connectivity index (χ2n) is 3.42. The van der Waals surface area contributed by atoms with Gasteiger partial charge in [0.2, 0.25) is 6.79 Å². The summed E-state index contributed by atoms with van der Waals surface area (Å²) < 4.78 is 16.2. The van der Waals surface area contributed by atoms with Crippen LogP contribution in [-0.2, 0) is 0 Å². The third-order valence-electron chi connectivity index (χ3n) is 2.20. The van der Waals surface area contributed by atoms with E-state index in [4.69, 9.17) is 14.2 Å². The van der Waals surface area contributed by atoms with E-state index in [0.717, 1.165) is 29.0 Å². The van der Waals surface area contributed by atoms with Crippen LogP contribution in [0.25, 0.3) is 0 Å². The second kappa shape index (κ2) is 4.75. The molecule has 0 spiro atoms. The summed E-state index contributed by atoms with van der Waals surface area (Å²) >= 11 is 3.39. The summed E-state index contributed by atoms with van der Waals surface area (Å²) in [5.74, 6) is 2.38. The molecule has 82 valence electrons. The molecule has 0 radical (unpaired) electrons. The van der Waals surface area contributed by atoms with Crippen molar-refractivity contribution in [3.05, 3.63) is 18.2 Å². The Morgan fingerprint density at radius 2 is 2.20 bits per heavy atom. The molecule has 3 nitrogen and oxygen atoms in total. The van der Waals surface area contributed by atoms with E-state index in [1.807, 2.05) is 25.1 Å². The van der Waals surface area contributed by atoms with E-state index < -0.39 is 0 Å². The molecule has 1 aliphatic rings. The third-order valence-corrected chi connectivity index (χ3v) is 2.65. The molecule has 0 fully saturated rings. The van der Waals surface area contributed by atoms with Crippen LogP contribution in [0, 0.1) is 0 Å². The molecule has 15 heavy (non-hydrogen) atoms. The molecular weight excluding hydrogens is 260 g/mol. The van der Waals surface area contributed by atoms with Gasteiger partial charge in [-0.15, -0.1) is 0 Å². The second-order valence-corrected chi connectivity index (χ2v) is 4.21. The molecule has 2 rings (SSSR count). The van der Waals surface area contributed by atoms with Gasteiger partial charge in [0.05, 0.1) is 6.10 Å². The Labute approximate surface area is 97.5 Å². The van der Waals surface area contributed by atoms with Crippen LogP contribution in [0.3, 0.4) is 0 Å². The van der Waals surface area contributed by atoms with Crippen molar-refractivity contribution in [1.82, 2.24) is 0 Å². The first-order chi connectivity index (χ1) is 7.29. The van der Waals surface area contributed by atoms with Crippen molar-refractivity contribution in [3.8, 4) is 17.2 Å². The van der Waals surface area contributed by atoms with Gasteiger partial charge < -0.3 is 14.2 Å². The van der Waals surface area contributed by atoms with Crippen LogP contribution in [0.4, 0.5) is 0 Å². The molecule has 0 aliphatic carbocycles. The van der Waals surface area contributed by atoms with Crippen molar-refractivity contribution < 1.29 is 14.2 Å². The van der Waals surface area contributed by atoms with E-state index in [9.17, 15) is 0 Å². The van der Waals surface area contributed by atoms with Crippen LogP contribution in [0.5, 0.6) is 17.2 Å². The number of alkyl halides is 1. The molecule has 1 aromatic carbocycles. The zero-order valence-electron chi connectivity index (χ0n) is 8.53. The highest BCUT2D eigenvalue weighted by Gasteiger charge is 2.14. The number of rotatable bonds is 4. The van der Waals surface area contributed by atoms with E-state index in [1.165, 1.54) is 0 Å². The van der Waals surface area contributed by atoms with Crippen molar-refractivity contribution in [2.75, 3.05) is 12.1 Å². The maximum atomic E-state index is 5.71. The maximum absolute atomic E-state index is 5.71. The Morgan fingerprint density at radius 1 is 1.40 bits per heavy atom. The molecule has 4 heteroatoms. The van der Waals surface area contributed by atoms with Crippen molar-refractivity contribution in [2.45, 2.75) is 19.4 Å². The molecule has 0 aromatic heterocycles. The Morgan fingerprint density at radius 3 is 3.00 bits per heavy atom. The fourth-order valence-corrected chi connectivity index (χ4v) is 2.04. The van der Waals surface area contributed by atoms with Gasteiger partial charge in [0, 0.05) is 11.4 Å². The van der Waals surface area contributed by atoms with Gasteiger partial charge in [0.15, 0.2) is 11.5 Å². The van der Waals surface area contributed by atoms with Gasteiger partial charge in [-0.05, 0) is 25.5 Å². The molecule has 0 bridgehead atoms. The Kier molecular flexibility index (Phi) is 3.36. The lowest BCUT2D eigenvalue weighted by Gasteiger charge is -2.13. The predicted molar refractivity (Wildman–Crippen MR) is 61.1 cm³/mol. The summed E-state index contributed by atoms with van der Waals surface area (Å²) in [6, 6.07) is 5.64. The Hall–Kier alpha value is -0.900. The molecule has 1 aromatic rings. The lowest BCUT2D eigenvalue weighted by molar-refractivity contribution is 0.173. The van der Waals surface area contributed by atoms with Gasteiger partial charge in [0.25, 0.3) is 0 Å². The molecule has 0 saturated heterocycles. The zero-order chi connectivity index (χ0) is 10.7. The van der Waals surface area contributed by atoms with E-state index in [1.54, 1.807) is 0 Å². The van der Waals surface area contributed by atoms with Crippen LogP contribution >= 0.6 is 15.9 Å². The van der Waals surface area contributed by atoms with Gasteiger partial charge in [-0.25, -0.2) is 0 Å². The highest BCUT2D eigenvalue weighted by molar-refractivity contribution is 9.09. The summed E-state index contributed by atoms with van der Waals surface area (Å²) in [7, 11) is 0. The van der Waals surface area contributed by atoms with E-state index >= 15 is 0 Å². The molecule has 0 N–H and O–H groups in total. The van der Waals surface area contributed by atoms with Crippen molar-refractivity contribution >= 4 is 15.9 Å². The smallest absolute Gasteiger partial charge is 0.231 e. The third kappa shape index (κ3) is 2.56. The van der Waals surface area contributed by atoms with E-state index in [-0.39, 0.29) is 6.10 Å². The summed E-state index contributed by atoms with van der Waals surface area (Å²) in [4.78, 5) is 0. The minimum Gasteiger partial charge on any atom is -0.491 e. The fraction of sp³-hybridized carbons (Fsp3) is 0.455. The summed E-state index contributed by atoms with van der Waals surface area (Å²) in [5, 5.41) is 0.943. The lowest BCUT2D eigenvalue weighted by Crippen LogP contribution is -2.11. The van der Waals surface area contributed by atoms with Crippen molar-refractivity contribution in [2.24, 2.45) is 0 Å². The van der Waals surface area contributed by atoms with Gasteiger partial charge in [-0.3, -0.25) is 0 Å². The van der Waals surface area contributed by atoms with Gasteiger partial charge >= 0.3 is 0 Å². The van der Waals surface area contributed by atoms with Crippen LogP contribution in [0.1, 0.15) is 13.3 Å². The standard InChI is InChI=1S/C11H13BrO3/c1-8(4-5-12)15-9-2-3-10-11(6-9)14-7-13-10/h2-3,6,8H,4-5,7H2,1H3. The number of fused-ring (bicyclic) bond motifs is 1. The van der Waals surface area contributed by atoms with Gasteiger partial charge in [-0.1, -0.05) is 15.9 Å². The number of halogens is 1. The van der Waals surface area contributed by atoms with Crippen LogP contribution in [0.15, 0.2) is 18.2 Å². The predicted octanol–water partition coefficient (Wildman–Crippen LogP) is 2.97. The quantitative estimate of drug-likeness (QED) is 0.789. The number of hydrogen-bond acceptors (Lipinski definition) is 3. The lowest BCUT2D eigenvalue weighted by atomic mass is 10.3. The summed E-state index contributed by atoms with van der Waals surface area (Å²) in [5.41, 5.74) is 0. The first kappa shape index (κ1) is 10.6. The average Bonchev–Trinajstić information content (AvgIpc) is 2.65.